The van der Waals surface area contributed by atoms with E-state index in [1.807, 2.05) is 23.1 Å². The van der Waals surface area contributed by atoms with Gasteiger partial charge in [0, 0.05) is 66.5 Å². The van der Waals surface area contributed by atoms with Crippen molar-refractivity contribution >= 4 is 5.91 Å². The molecule has 0 N–H and O–H groups in total. The van der Waals surface area contributed by atoms with Gasteiger partial charge in [0.25, 0.3) is 5.91 Å². The maximum Gasteiger partial charge on any atom is 0.254 e. The Bertz CT molecular complexity index is 1280. The van der Waals surface area contributed by atoms with Crippen LogP contribution < -0.4 is 0 Å². The van der Waals surface area contributed by atoms with E-state index in [1.54, 1.807) is 42.9 Å². The Morgan fingerprint density at radius 2 is 1.88 bits per heavy atom. The fraction of sp³-hybridized carbons (Fsp3) is 0.222. The van der Waals surface area contributed by atoms with Crippen molar-refractivity contribution in [1.29, 1.82) is 0 Å². The first-order chi connectivity index (χ1) is 16.7. The fourth-order valence-electron chi connectivity index (χ4n) is 4.37. The number of carbonyl (C=O) groups excluding carboxylic acids is 1. The van der Waals surface area contributed by atoms with Crippen molar-refractivity contribution in [3.05, 3.63) is 108 Å². The van der Waals surface area contributed by atoms with Gasteiger partial charge in [0.05, 0.1) is 5.69 Å². The van der Waals surface area contributed by atoms with Crippen LogP contribution in [0, 0.1) is 5.82 Å². The highest BCUT2D eigenvalue weighted by atomic mass is 19.1. The van der Waals surface area contributed by atoms with Gasteiger partial charge in [-0.15, -0.1) is 0 Å². The maximum atomic E-state index is 13.3. The molecule has 5 rings (SSSR count). The first kappa shape index (κ1) is 21.8. The third-order valence-corrected chi connectivity index (χ3v) is 6.12. The molecule has 1 atom stereocenters. The molecular weight excluding hydrogens is 429 g/mol. The van der Waals surface area contributed by atoms with Crippen LogP contribution in [0.25, 0.3) is 11.3 Å². The molecule has 170 valence electrons. The van der Waals surface area contributed by atoms with E-state index in [2.05, 4.69) is 15.0 Å². The van der Waals surface area contributed by atoms with Gasteiger partial charge in [0.2, 0.25) is 0 Å². The Kier molecular flexibility index (Phi) is 6.33. The third-order valence-electron chi connectivity index (χ3n) is 6.12. The molecule has 0 bridgehead atoms. The average Bonchev–Trinajstić information content (AvgIpc) is 2.90. The van der Waals surface area contributed by atoms with Crippen LogP contribution in [-0.4, -0.2) is 43.8 Å². The highest BCUT2D eigenvalue weighted by Crippen LogP contribution is 2.27. The van der Waals surface area contributed by atoms with Crippen LogP contribution in [0.1, 0.15) is 46.1 Å². The number of aromatic nitrogens is 4. The Labute approximate surface area is 197 Å². The van der Waals surface area contributed by atoms with E-state index >= 15 is 0 Å². The molecule has 3 aromatic heterocycles. The molecule has 34 heavy (non-hydrogen) atoms. The summed E-state index contributed by atoms with van der Waals surface area (Å²) in [5, 5.41) is 0. The Morgan fingerprint density at radius 1 is 1.06 bits per heavy atom. The second-order valence-electron chi connectivity index (χ2n) is 8.50. The highest BCUT2D eigenvalue weighted by molar-refractivity contribution is 5.95. The zero-order valence-electron chi connectivity index (χ0n) is 18.6. The van der Waals surface area contributed by atoms with E-state index in [4.69, 9.17) is 4.98 Å². The standard InChI is InChI=1S/C27H24FN5O/c28-23-8-6-19(7-9-23)13-24-4-1-5-25(32-24)21-3-2-12-33(17-21)27(34)20-10-11-31-26(14-20)22-15-29-18-30-16-22/h1,4-11,14-16,18,21H,2-3,12-13,17H2/t21-/m1/s1. The predicted molar refractivity (Wildman–Crippen MR) is 127 cm³/mol. The molecule has 4 aromatic rings. The molecular formula is C27H24FN5O. The molecule has 4 heterocycles. The van der Waals surface area contributed by atoms with E-state index in [0.29, 0.717) is 24.2 Å². The largest absolute Gasteiger partial charge is 0.338 e. The van der Waals surface area contributed by atoms with Gasteiger partial charge in [-0.05, 0) is 54.8 Å². The lowest BCUT2D eigenvalue weighted by molar-refractivity contribution is 0.0706. The molecule has 0 saturated carbocycles. The van der Waals surface area contributed by atoms with Gasteiger partial charge in [0.1, 0.15) is 12.1 Å². The lowest BCUT2D eigenvalue weighted by Gasteiger charge is -2.32. The van der Waals surface area contributed by atoms with Gasteiger partial charge < -0.3 is 4.90 Å². The van der Waals surface area contributed by atoms with Crippen molar-refractivity contribution in [2.45, 2.75) is 25.2 Å². The number of nitrogens with zero attached hydrogens (tertiary/aromatic N) is 5. The van der Waals surface area contributed by atoms with E-state index in [9.17, 15) is 9.18 Å². The van der Waals surface area contributed by atoms with Crippen molar-refractivity contribution in [2.75, 3.05) is 13.1 Å². The van der Waals surface area contributed by atoms with Crippen LogP contribution in [0.4, 0.5) is 4.39 Å². The minimum absolute atomic E-state index is 0.00679. The summed E-state index contributed by atoms with van der Waals surface area (Å²) in [5.41, 5.74) is 5.01. The second-order valence-corrected chi connectivity index (χ2v) is 8.50. The Morgan fingerprint density at radius 3 is 2.71 bits per heavy atom. The SMILES string of the molecule is O=C(c1ccnc(-c2cncnc2)c1)N1CCC[C@@H](c2cccc(Cc3ccc(F)cc3)n2)C1. The zero-order valence-corrected chi connectivity index (χ0v) is 18.6. The molecule has 0 unspecified atom stereocenters. The third kappa shape index (κ3) is 4.98. The quantitative estimate of drug-likeness (QED) is 0.439. The molecule has 1 saturated heterocycles. The number of amides is 1. The summed E-state index contributed by atoms with van der Waals surface area (Å²) in [6.07, 6.45) is 9.04. The van der Waals surface area contributed by atoms with Crippen LogP contribution in [0.2, 0.25) is 0 Å². The first-order valence-electron chi connectivity index (χ1n) is 11.4. The van der Waals surface area contributed by atoms with E-state index < -0.39 is 0 Å². The van der Waals surface area contributed by atoms with Crippen LogP contribution >= 0.6 is 0 Å². The van der Waals surface area contributed by atoms with Crippen molar-refractivity contribution in [3.63, 3.8) is 0 Å². The Hall–Kier alpha value is -4.00. The summed E-state index contributed by atoms with van der Waals surface area (Å²) < 4.78 is 13.2. The normalized spacial score (nSPS) is 15.8. The number of pyridine rings is 2. The summed E-state index contributed by atoms with van der Waals surface area (Å²) in [6.45, 7) is 1.34. The molecule has 0 spiro atoms. The topological polar surface area (TPSA) is 71.9 Å². The second kappa shape index (κ2) is 9.87. The van der Waals surface area contributed by atoms with Gasteiger partial charge in [0.15, 0.2) is 0 Å². The number of benzene rings is 1. The smallest absolute Gasteiger partial charge is 0.254 e. The number of likely N-dealkylation sites (tertiary alicyclic amines) is 1. The summed E-state index contributed by atoms with van der Waals surface area (Å²) in [5.74, 6) is -0.0711. The summed E-state index contributed by atoms with van der Waals surface area (Å²) in [4.78, 5) is 32.5. The fourth-order valence-corrected chi connectivity index (χ4v) is 4.37. The minimum Gasteiger partial charge on any atom is -0.338 e. The zero-order chi connectivity index (χ0) is 23.3. The van der Waals surface area contributed by atoms with E-state index in [1.165, 1.54) is 18.5 Å². The van der Waals surface area contributed by atoms with Crippen molar-refractivity contribution < 1.29 is 9.18 Å². The minimum atomic E-state index is -0.240. The number of hydrogen-bond acceptors (Lipinski definition) is 5. The average molecular weight is 454 g/mol. The maximum absolute atomic E-state index is 13.3. The van der Waals surface area contributed by atoms with Crippen molar-refractivity contribution in [2.24, 2.45) is 0 Å². The lowest BCUT2D eigenvalue weighted by Crippen LogP contribution is -2.39. The monoisotopic (exact) mass is 453 g/mol. The van der Waals surface area contributed by atoms with E-state index in [-0.39, 0.29) is 17.6 Å². The molecule has 7 heteroatoms. The molecule has 1 fully saturated rings. The highest BCUT2D eigenvalue weighted by Gasteiger charge is 2.26. The number of rotatable bonds is 5. The molecule has 1 aromatic carbocycles. The molecule has 0 radical (unpaired) electrons. The predicted octanol–water partition coefficient (Wildman–Crippen LogP) is 4.68. The summed E-state index contributed by atoms with van der Waals surface area (Å²) in [7, 11) is 0. The van der Waals surface area contributed by atoms with Crippen LogP contribution in [0.15, 0.2) is 79.5 Å². The number of piperidine rings is 1. The number of carbonyl (C=O) groups is 1. The number of halogens is 1. The van der Waals surface area contributed by atoms with Crippen LogP contribution in [0.5, 0.6) is 0 Å². The molecule has 6 nitrogen and oxygen atoms in total. The lowest BCUT2D eigenvalue weighted by atomic mass is 9.93. The van der Waals surface area contributed by atoms with Gasteiger partial charge in [-0.25, -0.2) is 14.4 Å². The van der Waals surface area contributed by atoms with Gasteiger partial charge in [-0.3, -0.25) is 14.8 Å². The van der Waals surface area contributed by atoms with Gasteiger partial charge in [-0.2, -0.15) is 0 Å². The molecule has 1 amide bonds. The first-order valence-corrected chi connectivity index (χ1v) is 11.4. The summed E-state index contributed by atoms with van der Waals surface area (Å²) in [6, 6.07) is 16.1. The molecule has 1 aliphatic heterocycles. The van der Waals surface area contributed by atoms with Crippen LogP contribution in [0.3, 0.4) is 0 Å². The Balaban J connectivity index is 1.30. The molecule has 0 aliphatic carbocycles. The summed E-state index contributed by atoms with van der Waals surface area (Å²) >= 11 is 0. The van der Waals surface area contributed by atoms with Crippen molar-refractivity contribution in [1.82, 2.24) is 24.8 Å². The van der Waals surface area contributed by atoms with E-state index in [0.717, 1.165) is 41.9 Å². The van der Waals surface area contributed by atoms with Gasteiger partial charge in [-0.1, -0.05) is 18.2 Å². The van der Waals surface area contributed by atoms with Crippen LogP contribution in [-0.2, 0) is 6.42 Å². The molecule has 1 aliphatic rings. The van der Waals surface area contributed by atoms with Crippen molar-refractivity contribution in [3.8, 4) is 11.3 Å². The number of hydrogen-bond donors (Lipinski definition) is 0. The van der Waals surface area contributed by atoms with Gasteiger partial charge >= 0.3 is 0 Å².